The molecule has 1 aliphatic heterocycles. The summed E-state index contributed by atoms with van der Waals surface area (Å²) in [5.74, 6) is 0.131. The summed E-state index contributed by atoms with van der Waals surface area (Å²) in [7, 11) is 0. The molecule has 20 heavy (non-hydrogen) atoms. The Kier molecular flexibility index (Phi) is 3.55. The lowest BCUT2D eigenvalue weighted by molar-refractivity contribution is 0.0696. The van der Waals surface area contributed by atoms with Gasteiger partial charge in [0.05, 0.1) is 5.56 Å². The topological polar surface area (TPSA) is 40.5 Å². The van der Waals surface area contributed by atoms with Crippen LogP contribution in [0.1, 0.15) is 48.5 Å². The van der Waals surface area contributed by atoms with Crippen molar-refractivity contribution in [2.45, 2.75) is 39.2 Å². The Morgan fingerprint density at radius 2 is 2.05 bits per heavy atom. The molecule has 0 radical (unpaired) electrons. The SMILES string of the molecule is CC1(C2CC2)CCN(Cc2cccc(C(=O)O)c2)CC1. The molecule has 0 aromatic heterocycles. The monoisotopic (exact) mass is 273 g/mol. The van der Waals surface area contributed by atoms with Crippen LogP contribution in [0, 0.1) is 11.3 Å². The van der Waals surface area contributed by atoms with E-state index in [9.17, 15) is 4.79 Å². The van der Waals surface area contributed by atoms with Gasteiger partial charge in [0.25, 0.3) is 0 Å². The van der Waals surface area contributed by atoms with Gasteiger partial charge in [0.1, 0.15) is 0 Å². The molecule has 0 atom stereocenters. The second-order valence-corrected chi connectivity index (χ2v) is 6.71. The Hall–Kier alpha value is -1.35. The third-order valence-electron chi connectivity index (χ3n) is 5.14. The van der Waals surface area contributed by atoms with Crippen LogP contribution in [-0.2, 0) is 6.54 Å². The lowest BCUT2D eigenvalue weighted by Crippen LogP contribution is -2.39. The molecular formula is C17H23NO2. The maximum Gasteiger partial charge on any atom is 0.335 e. The van der Waals surface area contributed by atoms with E-state index in [1.54, 1.807) is 12.1 Å². The summed E-state index contributed by atoms with van der Waals surface area (Å²) in [4.78, 5) is 13.5. The highest BCUT2D eigenvalue weighted by Gasteiger charge is 2.42. The van der Waals surface area contributed by atoms with Crippen molar-refractivity contribution in [2.75, 3.05) is 13.1 Å². The van der Waals surface area contributed by atoms with Crippen molar-refractivity contribution in [3.8, 4) is 0 Å². The van der Waals surface area contributed by atoms with Gasteiger partial charge in [0.15, 0.2) is 0 Å². The van der Waals surface area contributed by atoms with Crippen LogP contribution in [0.2, 0.25) is 0 Å². The second-order valence-electron chi connectivity index (χ2n) is 6.71. The van der Waals surface area contributed by atoms with Crippen LogP contribution in [0.4, 0.5) is 0 Å². The summed E-state index contributed by atoms with van der Waals surface area (Å²) >= 11 is 0. The number of carbonyl (C=O) groups is 1. The van der Waals surface area contributed by atoms with Crippen LogP contribution in [-0.4, -0.2) is 29.1 Å². The second kappa shape index (κ2) is 5.21. The fraction of sp³-hybridized carbons (Fsp3) is 0.588. The standard InChI is InChI=1S/C17H23NO2/c1-17(15-5-6-15)7-9-18(10-8-17)12-13-3-2-4-14(11-13)16(19)20/h2-4,11,15H,5-10,12H2,1H3,(H,19,20). The average Bonchev–Trinajstić information content (AvgIpc) is 3.27. The first-order chi connectivity index (χ1) is 9.57. The first kappa shape index (κ1) is 13.6. The molecule has 2 aliphatic rings. The number of benzene rings is 1. The smallest absolute Gasteiger partial charge is 0.335 e. The molecule has 1 N–H and O–H groups in total. The van der Waals surface area contributed by atoms with Crippen LogP contribution in [0.3, 0.4) is 0 Å². The third kappa shape index (κ3) is 2.88. The van der Waals surface area contributed by atoms with Crippen molar-refractivity contribution >= 4 is 5.97 Å². The van der Waals surface area contributed by atoms with Crippen LogP contribution in [0.15, 0.2) is 24.3 Å². The lowest BCUT2D eigenvalue weighted by Gasteiger charge is -2.40. The minimum absolute atomic E-state index is 0.391. The van der Waals surface area contributed by atoms with Gasteiger partial charge in [0, 0.05) is 6.54 Å². The molecule has 1 saturated carbocycles. The number of likely N-dealkylation sites (tertiary alicyclic amines) is 1. The summed E-state index contributed by atoms with van der Waals surface area (Å²) in [6.07, 6.45) is 5.43. The van der Waals surface area contributed by atoms with Gasteiger partial charge in [-0.1, -0.05) is 19.1 Å². The van der Waals surface area contributed by atoms with Gasteiger partial charge in [-0.3, -0.25) is 4.90 Å². The Morgan fingerprint density at radius 3 is 2.65 bits per heavy atom. The van der Waals surface area contributed by atoms with Gasteiger partial charge in [-0.2, -0.15) is 0 Å². The van der Waals surface area contributed by atoms with E-state index in [-0.39, 0.29) is 0 Å². The molecule has 2 fully saturated rings. The zero-order chi connectivity index (χ0) is 14.2. The Bertz CT molecular complexity index is 499. The molecule has 3 nitrogen and oxygen atoms in total. The maximum absolute atomic E-state index is 11.0. The Balaban J connectivity index is 1.59. The molecule has 0 unspecified atom stereocenters. The largest absolute Gasteiger partial charge is 0.478 e. The lowest BCUT2D eigenvalue weighted by atomic mass is 9.76. The van der Waals surface area contributed by atoms with Crippen LogP contribution < -0.4 is 0 Å². The van der Waals surface area contributed by atoms with Crippen molar-refractivity contribution in [1.82, 2.24) is 4.90 Å². The first-order valence-corrected chi connectivity index (χ1v) is 7.61. The van der Waals surface area contributed by atoms with E-state index < -0.39 is 5.97 Å². The Labute approximate surface area is 120 Å². The summed E-state index contributed by atoms with van der Waals surface area (Å²) < 4.78 is 0. The highest BCUT2D eigenvalue weighted by atomic mass is 16.4. The molecule has 1 aromatic rings. The molecule has 1 heterocycles. The van der Waals surface area contributed by atoms with Crippen molar-refractivity contribution in [1.29, 1.82) is 0 Å². The van der Waals surface area contributed by atoms with Gasteiger partial charge in [0.2, 0.25) is 0 Å². The summed E-state index contributed by atoms with van der Waals surface area (Å²) in [5.41, 5.74) is 2.07. The van der Waals surface area contributed by atoms with E-state index in [0.29, 0.717) is 11.0 Å². The third-order valence-corrected chi connectivity index (χ3v) is 5.14. The summed E-state index contributed by atoms with van der Waals surface area (Å²) in [5, 5.41) is 9.04. The number of hydrogen-bond acceptors (Lipinski definition) is 2. The molecule has 108 valence electrons. The van der Waals surface area contributed by atoms with E-state index >= 15 is 0 Å². The molecular weight excluding hydrogens is 250 g/mol. The zero-order valence-electron chi connectivity index (χ0n) is 12.1. The molecule has 1 aliphatic carbocycles. The number of aromatic carboxylic acids is 1. The van der Waals surface area contributed by atoms with Crippen LogP contribution in [0.5, 0.6) is 0 Å². The van der Waals surface area contributed by atoms with E-state index in [2.05, 4.69) is 11.8 Å². The Morgan fingerprint density at radius 1 is 1.35 bits per heavy atom. The van der Waals surface area contributed by atoms with Crippen molar-refractivity contribution < 1.29 is 9.90 Å². The molecule has 1 aromatic carbocycles. The number of carboxylic acids is 1. The number of rotatable bonds is 4. The fourth-order valence-electron chi connectivity index (χ4n) is 3.47. The molecule has 0 bridgehead atoms. The molecule has 1 saturated heterocycles. The van der Waals surface area contributed by atoms with Gasteiger partial charge in [-0.25, -0.2) is 4.79 Å². The van der Waals surface area contributed by atoms with Crippen LogP contribution >= 0.6 is 0 Å². The highest BCUT2D eigenvalue weighted by Crippen LogP contribution is 2.51. The van der Waals surface area contributed by atoms with Gasteiger partial charge in [-0.15, -0.1) is 0 Å². The normalized spacial score (nSPS) is 22.6. The molecule has 3 rings (SSSR count). The minimum Gasteiger partial charge on any atom is -0.478 e. The van der Waals surface area contributed by atoms with Crippen molar-refractivity contribution in [3.05, 3.63) is 35.4 Å². The number of piperidine rings is 1. The van der Waals surface area contributed by atoms with E-state index in [1.165, 1.54) is 25.7 Å². The predicted molar refractivity (Wildman–Crippen MR) is 78.7 cm³/mol. The summed E-state index contributed by atoms with van der Waals surface area (Å²) in [6.45, 7) is 5.61. The molecule has 3 heteroatoms. The predicted octanol–water partition coefficient (Wildman–Crippen LogP) is 3.40. The van der Waals surface area contributed by atoms with E-state index in [4.69, 9.17) is 5.11 Å². The molecule has 0 amide bonds. The van der Waals surface area contributed by atoms with Gasteiger partial charge >= 0.3 is 5.97 Å². The highest BCUT2D eigenvalue weighted by molar-refractivity contribution is 5.87. The average molecular weight is 273 g/mol. The maximum atomic E-state index is 11.0. The van der Waals surface area contributed by atoms with Gasteiger partial charge < -0.3 is 5.11 Å². The number of hydrogen-bond donors (Lipinski definition) is 1. The van der Waals surface area contributed by atoms with Gasteiger partial charge in [-0.05, 0) is 67.8 Å². The summed E-state index contributed by atoms with van der Waals surface area (Å²) in [6, 6.07) is 7.33. The van der Waals surface area contributed by atoms with E-state index in [1.807, 2.05) is 12.1 Å². The minimum atomic E-state index is -0.841. The van der Waals surface area contributed by atoms with E-state index in [0.717, 1.165) is 31.1 Å². The van der Waals surface area contributed by atoms with Crippen molar-refractivity contribution in [2.24, 2.45) is 11.3 Å². The number of carboxylic acid groups (broad SMARTS) is 1. The molecule has 0 spiro atoms. The van der Waals surface area contributed by atoms with Crippen LogP contribution in [0.25, 0.3) is 0 Å². The van der Waals surface area contributed by atoms with Crippen molar-refractivity contribution in [3.63, 3.8) is 0 Å². The zero-order valence-corrected chi connectivity index (χ0v) is 12.1. The first-order valence-electron chi connectivity index (χ1n) is 7.61. The quantitative estimate of drug-likeness (QED) is 0.914. The number of nitrogens with zero attached hydrogens (tertiary/aromatic N) is 1. The fourth-order valence-corrected chi connectivity index (χ4v) is 3.47.